The van der Waals surface area contributed by atoms with Crippen LogP contribution in [0.1, 0.15) is 16.8 Å². The van der Waals surface area contributed by atoms with Gasteiger partial charge in [-0.1, -0.05) is 0 Å². The fourth-order valence-electron chi connectivity index (χ4n) is 1.76. The largest absolute Gasteiger partial charge is 0.492 e. The Labute approximate surface area is 99.1 Å². The van der Waals surface area contributed by atoms with Gasteiger partial charge < -0.3 is 20.3 Å². The van der Waals surface area contributed by atoms with Crippen molar-refractivity contribution in [3.63, 3.8) is 0 Å². The van der Waals surface area contributed by atoms with E-state index >= 15 is 0 Å². The summed E-state index contributed by atoms with van der Waals surface area (Å²) in [6.07, 6.45) is 0.949. The van der Waals surface area contributed by atoms with Crippen LogP contribution in [-0.2, 0) is 4.74 Å². The van der Waals surface area contributed by atoms with E-state index in [1.54, 1.807) is 12.1 Å². The SMILES string of the molecule is Nc1ccc(C(=O)O)c(OCC2CCOC2)c1. The number of anilines is 1. The average molecular weight is 237 g/mol. The number of rotatable bonds is 4. The van der Waals surface area contributed by atoms with Crippen LogP contribution in [0, 0.1) is 5.92 Å². The monoisotopic (exact) mass is 237 g/mol. The fraction of sp³-hybridized carbons (Fsp3) is 0.417. The Bertz CT molecular complexity index is 413. The van der Waals surface area contributed by atoms with E-state index in [1.165, 1.54) is 6.07 Å². The number of carboxylic acid groups (broad SMARTS) is 1. The third-order valence-electron chi connectivity index (χ3n) is 2.73. The molecule has 0 saturated carbocycles. The van der Waals surface area contributed by atoms with Gasteiger partial charge in [0.15, 0.2) is 0 Å². The van der Waals surface area contributed by atoms with Gasteiger partial charge in [0.25, 0.3) is 0 Å². The highest BCUT2D eigenvalue weighted by molar-refractivity contribution is 5.91. The molecule has 1 aromatic carbocycles. The maximum Gasteiger partial charge on any atom is 0.339 e. The Morgan fingerprint density at radius 2 is 2.41 bits per heavy atom. The molecular weight excluding hydrogens is 222 g/mol. The molecule has 5 heteroatoms. The summed E-state index contributed by atoms with van der Waals surface area (Å²) in [5.41, 5.74) is 6.24. The zero-order valence-corrected chi connectivity index (χ0v) is 9.39. The summed E-state index contributed by atoms with van der Waals surface area (Å²) in [6.45, 7) is 1.88. The minimum absolute atomic E-state index is 0.137. The molecule has 0 spiro atoms. The van der Waals surface area contributed by atoms with Crippen LogP contribution in [0.4, 0.5) is 5.69 Å². The fourth-order valence-corrected chi connectivity index (χ4v) is 1.76. The Kier molecular flexibility index (Phi) is 3.49. The van der Waals surface area contributed by atoms with E-state index in [-0.39, 0.29) is 5.56 Å². The molecule has 0 bridgehead atoms. The summed E-state index contributed by atoms with van der Waals surface area (Å²) in [5.74, 6) is -0.356. The molecular formula is C12H15NO4. The van der Waals surface area contributed by atoms with Gasteiger partial charge >= 0.3 is 5.97 Å². The average Bonchev–Trinajstić information content (AvgIpc) is 2.78. The third kappa shape index (κ3) is 2.88. The lowest BCUT2D eigenvalue weighted by Gasteiger charge is -2.12. The number of nitrogen functional groups attached to an aromatic ring is 1. The molecule has 1 aliphatic rings. The van der Waals surface area contributed by atoms with Gasteiger partial charge in [-0.3, -0.25) is 0 Å². The highest BCUT2D eigenvalue weighted by Crippen LogP contribution is 2.23. The lowest BCUT2D eigenvalue weighted by molar-refractivity contribution is 0.0691. The van der Waals surface area contributed by atoms with Crippen molar-refractivity contribution < 1.29 is 19.4 Å². The maximum absolute atomic E-state index is 11.0. The third-order valence-corrected chi connectivity index (χ3v) is 2.73. The second-order valence-corrected chi connectivity index (χ2v) is 4.10. The molecule has 0 aromatic heterocycles. The Morgan fingerprint density at radius 1 is 1.59 bits per heavy atom. The van der Waals surface area contributed by atoms with Crippen LogP contribution in [-0.4, -0.2) is 30.9 Å². The van der Waals surface area contributed by atoms with Crippen LogP contribution < -0.4 is 10.5 Å². The molecule has 0 aliphatic carbocycles. The molecule has 1 atom stereocenters. The first-order chi connectivity index (χ1) is 8.16. The molecule has 92 valence electrons. The van der Waals surface area contributed by atoms with Gasteiger partial charge in [-0.05, 0) is 18.6 Å². The van der Waals surface area contributed by atoms with E-state index < -0.39 is 5.97 Å². The standard InChI is InChI=1S/C12H15NO4/c13-9-1-2-10(12(14)15)11(5-9)17-7-8-3-4-16-6-8/h1-2,5,8H,3-4,6-7,13H2,(H,14,15). The minimum atomic E-state index is -1.01. The Morgan fingerprint density at radius 3 is 3.06 bits per heavy atom. The highest BCUT2D eigenvalue weighted by atomic mass is 16.5. The van der Waals surface area contributed by atoms with Crippen molar-refractivity contribution in [3.05, 3.63) is 23.8 Å². The van der Waals surface area contributed by atoms with Crippen molar-refractivity contribution in [2.24, 2.45) is 5.92 Å². The zero-order valence-electron chi connectivity index (χ0n) is 9.39. The number of benzene rings is 1. The zero-order chi connectivity index (χ0) is 12.3. The summed E-state index contributed by atoms with van der Waals surface area (Å²) in [7, 11) is 0. The Hall–Kier alpha value is -1.75. The van der Waals surface area contributed by atoms with E-state index in [2.05, 4.69) is 0 Å². The number of nitrogens with two attached hydrogens (primary N) is 1. The van der Waals surface area contributed by atoms with Crippen LogP contribution in [0.25, 0.3) is 0 Å². The van der Waals surface area contributed by atoms with Gasteiger partial charge in [0, 0.05) is 24.3 Å². The molecule has 1 heterocycles. The van der Waals surface area contributed by atoms with E-state index in [0.29, 0.717) is 30.6 Å². The van der Waals surface area contributed by atoms with E-state index in [4.69, 9.17) is 20.3 Å². The van der Waals surface area contributed by atoms with Crippen LogP contribution in [0.5, 0.6) is 5.75 Å². The predicted molar refractivity (Wildman–Crippen MR) is 62.2 cm³/mol. The first kappa shape index (κ1) is 11.7. The molecule has 0 radical (unpaired) electrons. The molecule has 1 unspecified atom stereocenters. The van der Waals surface area contributed by atoms with Gasteiger partial charge in [0.05, 0.1) is 13.2 Å². The second-order valence-electron chi connectivity index (χ2n) is 4.10. The van der Waals surface area contributed by atoms with Crippen molar-refractivity contribution in [1.82, 2.24) is 0 Å². The van der Waals surface area contributed by atoms with Crippen LogP contribution in [0.3, 0.4) is 0 Å². The molecule has 17 heavy (non-hydrogen) atoms. The van der Waals surface area contributed by atoms with Crippen LogP contribution in [0.2, 0.25) is 0 Å². The minimum Gasteiger partial charge on any atom is -0.492 e. The maximum atomic E-state index is 11.0. The van der Waals surface area contributed by atoms with E-state index in [0.717, 1.165) is 13.0 Å². The molecule has 1 aliphatic heterocycles. The first-order valence-electron chi connectivity index (χ1n) is 5.50. The summed E-state index contributed by atoms with van der Waals surface area (Å²) in [5, 5.41) is 9.00. The second kappa shape index (κ2) is 5.05. The van der Waals surface area contributed by atoms with Gasteiger partial charge in [0.2, 0.25) is 0 Å². The Balaban J connectivity index is 2.07. The van der Waals surface area contributed by atoms with E-state index in [9.17, 15) is 4.79 Å². The molecule has 0 amide bonds. The van der Waals surface area contributed by atoms with E-state index in [1.807, 2.05) is 0 Å². The molecule has 1 saturated heterocycles. The van der Waals surface area contributed by atoms with Crippen molar-refractivity contribution in [2.75, 3.05) is 25.6 Å². The molecule has 2 rings (SSSR count). The molecule has 1 fully saturated rings. The normalized spacial score (nSPS) is 19.2. The summed E-state index contributed by atoms with van der Waals surface area (Å²) in [6, 6.07) is 4.55. The number of carbonyl (C=O) groups is 1. The summed E-state index contributed by atoms with van der Waals surface area (Å²) >= 11 is 0. The van der Waals surface area contributed by atoms with Crippen molar-refractivity contribution in [2.45, 2.75) is 6.42 Å². The lowest BCUT2D eigenvalue weighted by atomic mass is 10.1. The molecule has 5 nitrogen and oxygen atoms in total. The highest BCUT2D eigenvalue weighted by Gasteiger charge is 2.18. The summed E-state index contributed by atoms with van der Waals surface area (Å²) in [4.78, 5) is 11.0. The van der Waals surface area contributed by atoms with Crippen molar-refractivity contribution >= 4 is 11.7 Å². The van der Waals surface area contributed by atoms with Gasteiger partial charge in [-0.25, -0.2) is 4.79 Å². The van der Waals surface area contributed by atoms with Gasteiger partial charge in [0.1, 0.15) is 11.3 Å². The van der Waals surface area contributed by atoms with Crippen LogP contribution in [0.15, 0.2) is 18.2 Å². The van der Waals surface area contributed by atoms with Crippen LogP contribution >= 0.6 is 0 Å². The molecule has 1 aromatic rings. The number of hydrogen-bond acceptors (Lipinski definition) is 4. The lowest BCUT2D eigenvalue weighted by Crippen LogP contribution is -2.13. The number of aromatic carboxylic acids is 1. The van der Waals surface area contributed by atoms with Gasteiger partial charge in [-0.2, -0.15) is 0 Å². The smallest absolute Gasteiger partial charge is 0.339 e. The predicted octanol–water partition coefficient (Wildman–Crippen LogP) is 1.38. The van der Waals surface area contributed by atoms with Crippen molar-refractivity contribution in [1.29, 1.82) is 0 Å². The van der Waals surface area contributed by atoms with Gasteiger partial charge in [-0.15, -0.1) is 0 Å². The number of ether oxygens (including phenoxy) is 2. The number of carboxylic acids is 1. The summed E-state index contributed by atoms with van der Waals surface area (Å²) < 4.78 is 10.7. The quantitative estimate of drug-likeness (QED) is 0.773. The van der Waals surface area contributed by atoms with Crippen molar-refractivity contribution in [3.8, 4) is 5.75 Å². The number of hydrogen-bond donors (Lipinski definition) is 2. The molecule has 3 N–H and O–H groups in total. The first-order valence-corrected chi connectivity index (χ1v) is 5.50. The topological polar surface area (TPSA) is 81.8 Å².